The summed E-state index contributed by atoms with van der Waals surface area (Å²) in [6, 6.07) is 2.09. The molecular formula is C12H19BrN2OS. The van der Waals surface area contributed by atoms with Crippen molar-refractivity contribution in [2.45, 2.75) is 19.6 Å². The zero-order chi connectivity index (χ0) is 12.1. The maximum atomic E-state index is 5.75. The monoisotopic (exact) mass is 318 g/mol. The van der Waals surface area contributed by atoms with Gasteiger partial charge in [0.05, 0.1) is 12.7 Å². The highest BCUT2D eigenvalue weighted by Gasteiger charge is 2.18. The Balaban J connectivity index is 1.70. The lowest BCUT2D eigenvalue weighted by molar-refractivity contribution is -0.0253. The zero-order valence-corrected chi connectivity index (χ0v) is 12.5. The maximum absolute atomic E-state index is 5.75. The quantitative estimate of drug-likeness (QED) is 0.901. The van der Waals surface area contributed by atoms with Crippen LogP contribution < -0.4 is 5.32 Å². The largest absolute Gasteiger partial charge is 0.374 e. The van der Waals surface area contributed by atoms with E-state index in [0.717, 1.165) is 39.3 Å². The van der Waals surface area contributed by atoms with Crippen LogP contribution >= 0.6 is 27.3 Å². The van der Waals surface area contributed by atoms with Crippen molar-refractivity contribution < 1.29 is 4.74 Å². The highest BCUT2D eigenvalue weighted by Crippen LogP contribution is 2.22. The van der Waals surface area contributed by atoms with E-state index in [1.165, 1.54) is 9.35 Å². The van der Waals surface area contributed by atoms with Crippen LogP contribution in [0.5, 0.6) is 0 Å². The summed E-state index contributed by atoms with van der Waals surface area (Å²) in [6.45, 7) is 8.17. The van der Waals surface area contributed by atoms with Crippen LogP contribution in [0, 0.1) is 0 Å². The van der Waals surface area contributed by atoms with E-state index in [4.69, 9.17) is 4.74 Å². The number of nitrogens with one attached hydrogen (secondary N) is 1. The molecule has 0 saturated carbocycles. The van der Waals surface area contributed by atoms with Crippen molar-refractivity contribution in [2.24, 2.45) is 0 Å². The van der Waals surface area contributed by atoms with E-state index in [1.807, 2.05) is 0 Å². The molecule has 2 rings (SSSR count). The molecule has 1 unspecified atom stereocenters. The minimum atomic E-state index is 0.336. The molecular weight excluding hydrogens is 300 g/mol. The van der Waals surface area contributed by atoms with Gasteiger partial charge in [-0.05, 0) is 33.9 Å². The van der Waals surface area contributed by atoms with Gasteiger partial charge in [-0.2, -0.15) is 0 Å². The second-order valence-corrected chi connectivity index (χ2v) is 6.06. The number of nitrogens with zero attached hydrogens (tertiary/aromatic N) is 1. The van der Waals surface area contributed by atoms with Crippen LogP contribution in [0.4, 0.5) is 0 Å². The SMILES string of the molecule is CCN1CCOC(CNCc2sccc2Br)C1. The Hall–Kier alpha value is 0.0600. The smallest absolute Gasteiger partial charge is 0.0826 e. The second-order valence-electron chi connectivity index (χ2n) is 4.21. The van der Waals surface area contributed by atoms with Gasteiger partial charge in [-0.25, -0.2) is 0 Å². The van der Waals surface area contributed by atoms with Crippen LogP contribution in [0.1, 0.15) is 11.8 Å². The molecule has 0 bridgehead atoms. The van der Waals surface area contributed by atoms with E-state index in [1.54, 1.807) is 11.3 Å². The number of morpholine rings is 1. The fourth-order valence-corrected chi connectivity index (χ4v) is 3.45. The Morgan fingerprint density at radius 1 is 1.65 bits per heavy atom. The molecule has 0 spiro atoms. The molecule has 1 aromatic heterocycles. The average molecular weight is 319 g/mol. The number of likely N-dealkylation sites (N-methyl/N-ethyl adjacent to an activating group) is 1. The highest BCUT2D eigenvalue weighted by atomic mass is 79.9. The van der Waals surface area contributed by atoms with Gasteiger partial charge in [0.15, 0.2) is 0 Å². The first-order valence-electron chi connectivity index (χ1n) is 6.06. The molecule has 2 heterocycles. The molecule has 1 aliphatic rings. The van der Waals surface area contributed by atoms with Crippen molar-refractivity contribution in [1.82, 2.24) is 10.2 Å². The molecule has 5 heteroatoms. The Kier molecular flexibility index (Phi) is 5.44. The number of hydrogen-bond donors (Lipinski definition) is 1. The van der Waals surface area contributed by atoms with Crippen molar-refractivity contribution in [1.29, 1.82) is 0 Å². The van der Waals surface area contributed by atoms with Crippen molar-refractivity contribution in [3.63, 3.8) is 0 Å². The summed E-state index contributed by atoms with van der Waals surface area (Å²) in [4.78, 5) is 3.80. The summed E-state index contributed by atoms with van der Waals surface area (Å²) >= 11 is 5.32. The Morgan fingerprint density at radius 3 is 3.24 bits per heavy atom. The summed E-state index contributed by atoms with van der Waals surface area (Å²) in [5, 5.41) is 5.58. The summed E-state index contributed by atoms with van der Waals surface area (Å²) in [5.74, 6) is 0. The van der Waals surface area contributed by atoms with Crippen molar-refractivity contribution in [3.8, 4) is 0 Å². The first-order chi connectivity index (χ1) is 8.29. The molecule has 0 aromatic carbocycles. The molecule has 1 saturated heterocycles. The van der Waals surface area contributed by atoms with Crippen LogP contribution in [0.25, 0.3) is 0 Å². The summed E-state index contributed by atoms with van der Waals surface area (Å²) < 4.78 is 6.95. The number of rotatable bonds is 5. The van der Waals surface area contributed by atoms with Gasteiger partial charge in [-0.3, -0.25) is 4.90 Å². The number of ether oxygens (including phenoxy) is 1. The molecule has 17 heavy (non-hydrogen) atoms. The van der Waals surface area contributed by atoms with E-state index in [-0.39, 0.29) is 0 Å². The molecule has 1 fully saturated rings. The number of thiophene rings is 1. The van der Waals surface area contributed by atoms with Crippen LogP contribution in [-0.4, -0.2) is 43.8 Å². The van der Waals surface area contributed by atoms with E-state index in [9.17, 15) is 0 Å². The van der Waals surface area contributed by atoms with Gasteiger partial charge in [0.1, 0.15) is 0 Å². The van der Waals surface area contributed by atoms with Crippen molar-refractivity contribution >= 4 is 27.3 Å². The van der Waals surface area contributed by atoms with E-state index >= 15 is 0 Å². The topological polar surface area (TPSA) is 24.5 Å². The van der Waals surface area contributed by atoms with Gasteiger partial charge >= 0.3 is 0 Å². The molecule has 96 valence electrons. The van der Waals surface area contributed by atoms with E-state index in [2.05, 4.69) is 44.5 Å². The lowest BCUT2D eigenvalue weighted by Gasteiger charge is -2.32. The predicted octanol–water partition coefficient (Wildman–Crippen LogP) is 2.32. The third kappa shape index (κ3) is 4.03. The molecule has 0 aliphatic carbocycles. The van der Waals surface area contributed by atoms with Gasteiger partial charge in [0.2, 0.25) is 0 Å². The normalized spacial score (nSPS) is 21.9. The number of hydrogen-bond acceptors (Lipinski definition) is 4. The van der Waals surface area contributed by atoms with Crippen LogP contribution in [0.3, 0.4) is 0 Å². The lowest BCUT2D eigenvalue weighted by Crippen LogP contribution is -2.46. The Bertz CT molecular complexity index is 345. The van der Waals surface area contributed by atoms with Gasteiger partial charge in [-0.15, -0.1) is 11.3 Å². The van der Waals surface area contributed by atoms with Gasteiger partial charge in [-0.1, -0.05) is 6.92 Å². The molecule has 1 N–H and O–H groups in total. The maximum Gasteiger partial charge on any atom is 0.0826 e. The van der Waals surface area contributed by atoms with Gasteiger partial charge in [0, 0.05) is 35.5 Å². The van der Waals surface area contributed by atoms with E-state index in [0.29, 0.717) is 6.10 Å². The lowest BCUT2D eigenvalue weighted by atomic mass is 10.2. The fraction of sp³-hybridized carbons (Fsp3) is 0.667. The predicted molar refractivity (Wildman–Crippen MR) is 75.6 cm³/mol. The van der Waals surface area contributed by atoms with Crippen molar-refractivity contribution in [3.05, 3.63) is 20.8 Å². The molecule has 1 aliphatic heterocycles. The number of halogens is 1. The minimum absolute atomic E-state index is 0.336. The summed E-state index contributed by atoms with van der Waals surface area (Å²) in [6.07, 6.45) is 0.336. The first kappa shape index (κ1) is 13.5. The summed E-state index contributed by atoms with van der Waals surface area (Å²) in [5.41, 5.74) is 0. The molecule has 1 atom stereocenters. The molecule has 0 radical (unpaired) electrons. The Labute approximate surface area is 115 Å². The zero-order valence-electron chi connectivity index (χ0n) is 10.1. The fourth-order valence-electron chi connectivity index (χ4n) is 1.99. The standard InChI is InChI=1S/C12H19BrN2OS/c1-2-15-4-5-16-10(9-15)7-14-8-12-11(13)3-6-17-12/h3,6,10,14H,2,4-5,7-9H2,1H3. The minimum Gasteiger partial charge on any atom is -0.374 e. The van der Waals surface area contributed by atoms with E-state index < -0.39 is 0 Å². The van der Waals surface area contributed by atoms with Crippen LogP contribution in [0.2, 0.25) is 0 Å². The second kappa shape index (κ2) is 6.85. The van der Waals surface area contributed by atoms with Gasteiger partial charge in [0.25, 0.3) is 0 Å². The molecule has 1 aromatic rings. The van der Waals surface area contributed by atoms with Crippen molar-refractivity contribution in [2.75, 3.05) is 32.8 Å². The molecule has 0 amide bonds. The third-order valence-electron chi connectivity index (χ3n) is 3.02. The molecule has 3 nitrogen and oxygen atoms in total. The van der Waals surface area contributed by atoms with Crippen LogP contribution in [-0.2, 0) is 11.3 Å². The summed E-state index contributed by atoms with van der Waals surface area (Å²) in [7, 11) is 0. The highest BCUT2D eigenvalue weighted by molar-refractivity contribution is 9.10. The van der Waals surface area contributed by atoms with Crippen LogP contribution in [0.15, 0.2) is 15.9 Å². The average Bonchev–Trinajstić information content (AvgIpc) is 2.76. The Morgan fingerprint density at radius 2 is 2.53 bits per heavy atom. The van der Waals surface area contributed by atoms with Gasteiger partial charge < -0.3 is 10.1 Å². The third-order valence-corrected chi connectivity index (χ3v) is 4.95. The first-order valence-corrected chi connectivity index (χ1v) is 7.73.